The number of methoxy groups -OCH3 is 1. The molecule has 34 heavy (non-hydrogen) atoms. The van der Waals surface area contributed by atoms with Crippen LogP contribution >= 0.6 is 11.3 Å². The van der Waals surface area contributed by atoms with Gasteiger partial charge in [0.05, 0.1) is 56.9 Å². The van der Waals surface area contributed by atoms with Crippen molar-refractivity contribution in [2.75, 3.05) is 41.4 Å². The van der Waals surface area contributed by atoms with Crippen molar-refractivity contribution >= 4 is 33.4 Å². The largest absolute Gasteiger partial charge is 0.488 e. The molecule has 7 nitrogen and oxygen atoms in total. The molecule has 0 saturated heterocycles. The Morgan fingerprint density at radius 2 is 1.82 bits per heavy atom. The lowest BCUT2D eigenvalue weighted by atomic mass is 9.80. The van der Waals surface area contributed by atoms with Gasteiger partial charge in [-0.15, -0.1) is 11.3 Å². The average Bonchev–Trinajstić information content (AvgIpc) is 3.37. The van der Waals surface area contributed by atoms with Crippen LogP contribution in [0, 0.1) is 5.41 Å². The molecule has 0 bridgehead atoms. The van der Waals surface area contributed by atoms with Crippen LogP contribution in [0.15, 0.2) is 42.5 Å². The summed E-state index contributed by atoms with van der Waals surface area (Å²) in [5, 5.41) is 3.86. The molecule has 1 aromatic heterocycles. The highest BCUT2D eigenvalue weighted by molar-refractivity contribution is 7.18. The molecule has 1 heterocycles. The molecule has 180 valence electrons. The van der Waals surface area contributed by atoms with E-state index in [1.165, 1.54) is 18.4 Å². The number of hydrogen-bond acceptors (Lipinski definition) is 6. The van der Waals surface area contributed by atoms with Gasteiger partial charge in [0.25, 0.3) is 0 Å². The van der Waals surface area contributed by atoms with E-state index in [9.17, 15) is 9.59 Å². The highest BCUT2D eigenvalue weighted by Gasteiger charge is 2.45. The Balaban J connectivity index is 1.43. The summed E-state index contributed by atoms with van der Waals surface area (Å²) in [5.41, 5.74) is 2.27. The number of thiazole rings is 1. The summed E-state index contributed by atoms with van der Waals surface area (Å²) >= 11 is 1.54. The highest BCUT2D eigenvalue weighted by atomic mass is 32.1. The lowest BCUT2D eigenvalue weighted by Crippen LogP contribution is -2.43. The molecule has 3 aromatic rings. The third-order valence-electron chi connectivity index (χ3n) is 6.20. The molecule has 0 radical (unpaired) electrons. The van der Waals surface area contributed by atoms with Gasteiger partial charge in [-0.3, -0.25) is 9.59 Å². The Bertz CT molecular complexity index is 1170. The number of carbonyl (C=O) groups excluding carboxylic acids is 2. The van der Waals surface area contributed by atoms with Crippen molar-refractivity contribution in [1.29, 1.82) is 0 Å². The summed E-state index contributed by atoms with van der Waals surface area (Å²) < 4.78 is 12.7. The second-order valence-corrected chi connectivity index (χ2v) is 11.1. The third-order valence-corrected chi connectivity index (χ3v) is 7.22. The van der Waals surface area contributed by atoms with E-state index in [4.69, 9.17) is 9.47 Å². The number of amides is 1. The summed E-state index contributed by atoms with van der Waals surface area (Å²) in [6.45, 7) is 1.87. The fourth-order valence-electron chi connectivity index (χ4n) is 4.31. The summed E-state index contributed by atoms with van der Waals surface area (Å²) in [4.78, 5) is 30.2. The quantitative estimate of drug-likeness (QED) is 0.374. The fourth-order valence-corrected chi connectivity index (χ4v) is 5.24. The Labute approximate surface area is 204 Å². The third kappa shape index (κ3) is 5.56. The zero-order valence-corrected chi connectivity index (χ0v) is 21.0. The molecule has 4 rings (SSSR count). The molecule has 0 spiro atoms. The molecule has 1 amide bonds. The molecule has 2 aromatic carbocycles. The Kier molecular flexibility index (Phi) is 6.91. The van der Waals surface area contributed by atoms with E-state index in [0.717, 1.165) is 43.1 Å². The van der Waals surface area contributed by atoms with Crippen LogP contribution in [0.4, 0.5) is 0 Å². The van der Waals surface area contributed by atoms with E-state index >= 15 is 0 Å². The fraction of sp³-hybridized carbons (Fsp3) is 0.423. The van der Waals surface area contributed by atoms with Crippen molar-refractivity contribution in [2.45, 2.75) is 25.8 Å². The highest BCUT2D eigenvalue weighted by Crippen LogP contribution is 2.40. The topological polar surface area (TPSA) is 77.5 Å². The Morgan fingerprint density at radius 1 is 1.12 bits per heavy atom. The molecule has 1 aliphatic carbocycles. The number of nitrogens with zero attached hydrogens (tertiary/aromatic N) is 2. The van der Waals surface area contributed by atoms with Gasteiger partial charge in [-0.1, -0.05) is 24.3 Å². The lowest BCUT2D eigenvalue weighted by molar-refractivity contribution is -0.870. The maximum atomic E-state index is 13.4. The van der Waals surface area contributed by atoms with Gasteiger partial charge >= 0.3 is 5.97 Å². The normalized spacial score (nSPS) is 14.6. The van der Waals surface area contributed by atoms with E-state index in [2.05, 4.69) is 31.4 Å². The van der Waals surface area contributed by atoms with E-state index in [-0.39, 0.29) is 18.3 Å². The number of benzene rings is 2. The number of rotatable bonds is 9. The van der Waals surface area contributed by atoms with Crippen molar-refractivity contribution in [2.24, 2.45) is 5.41 Å². The molecule has 0 saturated carbocycles. The first kappa shape index (κ1) is 24.2. The van der Waals surface area contributed by atoms with Gasteiger partial charge < -0.3 is 19.3 Å². The van der Waals surface area contributed by atoms with Crippen molar-refractivity contribution in [3.05, 3.63) is 58.6 Å². The number of esters is 1. The molecular weight excluding hydrogens is 450 g/mol. The summed E-state index contributed by atoms with van der Waals surface area (Å²) in [6, 6.07) is 13.9. The smallest absolute Gasteiger partial charge is 0.306 e. The van der Waals surface area contributed by atoms with E-state index < -0.39 is 5.41 Å². The standard InChI is InChI=1S/C26H31N3O4S/c1-29(2,3)11-12-33-20-9-10-21-22(13-20)34-23(28-21)17-27-25(31)26(16-24(30)32-4)14-18-7-5-6-8-19(18)15-26/h5-10,13H,11-12,14-17H2,1-4H3/p+1. The van der Waals surface area contributed by atoms with Crippen molar-refractivity contribution in [3.63, 3.8) is 0 Å². The molecule has 0 unspecified atom stereocenters. The maximum absolute atomic E-state index is 13.4. The molecule has 8 heteroatoms. The van der Waals surface area contributed by atoms with Crippen LogP contribution in [0.25, 0.3) is 10.2 Å². The minimum atomic E-state index is -0.833. The maximum Gasteiger partial charge on any atom is 0.306 e. The van der Waals surface area contributed by atoms with Gasteiger partial charge in [0.15, 0.2) is 0 Å². The second kappa shape index (κ2) is 9.72. The number of hydrogen-bond donors (Lipinski definition) is 1. The van der Waals surface area contributed by atoms with E-state index in [1.807, 2.05) is 42.5 Å². The van der Waals surface area contributed by atoms with Crippen molar-refractivity contribution in [3.8, 4) is 5.75 Å². The van der Waals surface area contributed by atoms with Gasteiger partial charge in [-0.2, -0.15) is 0 Å². The molecule has 1 aliphatic rings. The van der Waals surface area contributed by atoms with Gasteiger partial charge in [-0.25, -0.2) is 4.98 Å². The lowest BCUT2D eigenvalue weighted by Gasteiger charge is -2.26. The molecule has 0 atom stereocenters. The van der Waals surface area contributed by atoms with Crippen LogP contribution in [0.3, 0.4) is 0 Å². The van der Waals surface area contributed by atoms with Crippen LogP contribution in [0.1, 0.15) is 22.6 Å². The number of carbonyl (C=O) groups is 2. The van der Waals surface area contributed by atoms with Crippen molar-refractivity contribution in [1.82, 2.24) is 10.3 Å². The predicted molar refractivity (Wildman–Crippen MR) is 133 cm³/mol. The first-order valence-corrected chi connectivity index (χ1v) is 12.2. The summed E-state index contributed by atoms with van der Waals surface area (Å²) in [6.07, 6.45) is 1.10. The monoisotopic (exact) mass is 482 g/mol. The van der Waals surface area contributed by atoms with E-state index in [1.54, 1.807) is 0 Å². The first-order valence-electron chi connectivity index (χ1n) is 11.4. The predicted octanol–water partition coefficient (Wildman–Crippen LogP) is 3.35. The number of fused-ring (bicyclic) bond motifs is 2. The van der Waals surface area contributed by atoms with E-state index in [0.29, 0.717) is 26.0 Å². The Morgan fingerprint density at radius 3 is 2.47 bits per heavy atom. The molecule has 1 N–H and O–H groups in total. The van der Waals surface area contributed by atoms with Gasteiger partial charge in [0.1, 0.15) is 23.9 Å². The molecular formula is C26H32N3O4S+. The summed E-state index contributed by atoms with van der Waals surface area (Å²) in [7, 11) is 7.76. The summed E-state index contributed by atoms with van der Waals surface area (Å²) in [5.74, 6) is 0.305. The van der Waals surface area contributed by atoms with Crippen LogP contribution < -0.4 is 10.1 Å². The minimum absolute atomic E-state index is 0.0534. The van der Waals surface area contributed by atoms with Gasteiger partial charge in [0.2, 0.25) is 5.91 Å². The Hall–Kier alpha value is -2.97. The van der Waals surface area contributed by atoms with Gasteiger partial charge in [-0.05, 0) is 42.2 Å². The van der Waals surface area contributed by atoms with Crippen LogP contribution in [0.2, 0.25) is 0 Å². The molecule has 0 aliphatic heterocycles. The minimum Gasteiger partial charge on any atom is -0.488 e. The molecule has 0 fully saturated rings. The zero-order valence-electron chi connectivity index (χ0n) is 20.2. The number of likely N-dealkylation sites (N-methyl/N-ethyl adjacent to an activating group) is 1. The van der Waals surface area contributed by atoms with Gasteiger partial charge in [0, 0.05) is 0 Å². The van der Waals surface area contributed by atoms with Crippen molar-refractivity contribution < 1.29 is 23.5 Å². The SMILES string of the molecule is COC(=O)CC1(C(=O)NCc2nc3ccc(OCC[N+](C)(C)C)cc3s2)Cc2ccccc2C1. The van der Waals surface area contributed by atoms with Crippen LogP contribution in [-0.4, -0.2) is 62.7 Å². The first-order chi connectivity index (χ1) is 16.2. The second-order valence-electron chi connectivity index (χ2n) is 9.94. The number of nitrogens with one attached hydrogen (secondary N) is 1. The number of quaternary nitrogens is 1. The zero-order chi connectivity index (χ0) is 24.3. The number of ether oxygens (including phenoxy) is 2. The number of aromatic nitrogens is 1. The van der Waals surface area contributed by atoms with Crippen LogP contribution in [0.5, 0.6) is 5.75 Å². The van der Waals surface area contributed by atoms with Crippen LogP contribution in [-0.2, 0) is 33.7 Å². The average molecular weight is 483 g/mol.